The lowest BCUT2D eigenvalue weighted by atomic mass is 10.0. The topological polar surface area (TPSA) is 26.0 Å². The third-order valence-electron chi connectivity index (χ3n) is 2.80. The Morgan fingerprint density at radius 3 is 2.33 bits per heavy atom. The molecule has 84 valence electrons. The van der Waals surface area contributed by atoms with E-state index in [1.807, 2.05) is 0 Å². The van der Waals surface area contributed by atoms with Crippen LogP contribution in [0.4, 0.5) is 5.69 Å². The second kappa shape index (κ2) is 6.49. The van der Waals surface area contributed by atoms with Crippen molar-refractivity contribution in [3.05, 3.63) is 29.3 Å². The molecule has 1 heteroatoms. The van der Waals surface area contributed by atoms with Crippen LogP contribution in [0.5, 0.6) is 0 Å². The van der Waals surface area contributed by atoms with Gasteiger partial charge in [0, 0.05) is 5.69 Å². The minimum absolute atomic E-state index is 0.917. The van der Waals surface area contributed by atoms with Crippen molar-refractivity contribution < 1.29 is 0 Å². The fourth-order valence-corrected chi connectivity index (χ4v) is 1.90. The molecule has 2 N–H and O–H groups in total. The fraction of sp³-hybridized carbons (Fsp3) is 0.571. The summed E-state index contributed by atoms with van der Waals surface area (Å²) in [6, 6.07) is 6.49. The molecule has 0 spiro atoms. The highest BCUT2D eigenvalue weighted by atomic mass is 14.5. The maximum atomic E-state index is 5.87. The average Bonchev–Trinajstić information content (AvgIpc) is 2.23. The Labute approximate surface area is 93.7 Å². The number of rotatable bonds is 6. The Morgan fingerprint density at radius 1 is 0.933 bits per heavy atom. The minimum atomic E-state index is 0.917. The van der Waals surface area contributed by atoms with E-state index >= 15 is 0 Å². The average molecular weight is 205 g/mol. The van der Waals surface area contributed by atoms with Gasteiger partial charge in [-0.1, -0.05) is 39.2 Å². The van der Waals surface area contributed by atoms with Crippen molar-refractivity contribution in [3.63, 3.8) is 0 Å². The largest absolute Gasteiger partial charge is 0.399 e. The first-order chi connectivity index (χ1) is 7.26. The smallest absolute Gasteiger partial charge is 0.0319 e. The van der Waals surface area contributed by atoms with Gasteiger partial charge in [0.1, 0.15) is 0 Å². The van der Waals surface area contributed by atoms with Crippen LogP contribution in [-0.4, -0.2) is 0 Å². The highest BCUT2D eigenvalue weighted by molar-refractivity contribution is 5.44. The summed E-state index contributed by atoms with van der Waals surface area (Å²) in [4.78, 5) is 0. The fourth-order valence-electron chi connectivity index (χ4n) is 1.90. The molecule has 0 aliphatic heterocycles. The molecule has 1 aromatic rings. The van der Waals surface area contributed by atoms with Gasteiger partial charge in [-0.2, -0.15) is 0 Å². The second-order valence-corrected chi connectivity index (χ2v) is 4.25. The van der Waals surface area contributed by atoms with Gasteiger partial charge in [0.2, 0.25) is 0 Å². The van der Waals surface area contributed by atoms with E-state index in [9.17, 15) is 0 Å². The Morgan fingerprint density at radius 2 is 1.67 bits per heavy atom. The molecule has 15 heavy (non-hydrogen) atoms. The molecule has 0 aromatic heterocycles. The van der Waals surface area contributed by atoms with Crippen LogP contribution in [0.3, 0.4) is 0 Å². The number of unbranched alkanes of at least 4 members (excludes halogenated alkanes) is 3. The first-order valence-electron chi connectivity index (χ1n) is 6.14. The van der Waals surface area contributed by atoms with Gasteiger partial charge in [-0.3, -0.25) is 0 Å². The standard InChI is InChI=1S/C14H23N/c1-3-5-6-7-8-13-9-12(4-2)10-14(15)11-13/h9-11H,3-8,15H2,1-2H3. The van der Waals surface area contributed by atoms with Crippen molar-refractivity contribution in [2.24, 2.45) is 0 Å². The number of hydrogen-bond acceptors (Lipinski definition) is 1. The summed E-state index contributed by atoms with van der Waals surface area (Å²) in [7, 11) is 0. The van der Waals surface area contributed by atoms with Gasteiger partial charge in [-0.15, -0.1) is 0 Å². The Balaban J connectivity index is 2.49. The van der Waals surface area contributed by atoms with Gasteiger partial charge >= 0.3 is 0 Å². The van der Waals surface area contributed by atoms with Crippen LogP contribution >= 0.6 is 0 Å². The van der Waals surface area contributed by atoms with Crippen molar-refractivity contribution >= 4 is 5.69 Å². The molecule has 0 aliphatic carbocycles. The molecule has 0 unspecified atom stereocenters. The van der Waals surface area contributed by atoms with Crippen LogP contribution in [0.15, 0.2) is 18.2 Å². The molecule has 1 rings (SSSR count). The lowest BCUT2D eigenvalue weighted by Gasteiger charge is -2.06. The summed E-state index contributed by atoms with van der Waals surface area (Å²) in [5.74, 6) is 0. The molecule has 1 aromatic carbocycles. The number of nitrogens with two attached hydrogens (primary N) is 1. The molecule has 0 radical (unpaired) electrons. The van der Waals surface area contributed by atoms with Crippen LogP contribution in [0.1, 0.15) is 50.7 Å². The third-order valence-corrected chi connectivity index (χ3v) is 2.80. The molecule has 0 heterocycles. The van der Waals surface area contributed by atoms with Gasteiger partial charge in [0.05, 0.1) is 0 Å². The van der Waals surface area contributed by atoms with E-state index in [1.165, 1.54) is 43.2 Å². The number of benzene rings is 1. The normalized spacial score (nSPS) is 10.5. The first kappa shape index (κ1) is 12.1. The molecule has 0 saturated heterocycles. The second-order valence-electron chi connectivity index (χ2n) is 4.25. The summed E-state index contributed by atoms with van der Waals surface area (Å²) >= 11 is 0. The third kappa shape index (κ3) is 4.37. The van der Waals surface area contributed by atoms with E-state index in [1.54, 1.807) is 0 Å². The van der Waals surface area contributed by atoms with Crippen molar-refractivity contribution in [2.75, 3.05) is 5.73 Å². The van der Waals surface area contributed by atoms with E-state index in [0.29, 0.717) is 0 Å². The van der Waals surface area contributed by atoms with Crippen molar-refractivity contribution in [3.8, 4) is 0 Å². The van der Waals surface area contributed by atoms with Crippen LogP contribution < -0.4 is 5.73 Å². The van der Waals surface area contributed by atoms with Crippen LogP contribution in [-0.2, 0) is 12.8 Å². The first-order valence-corrected chi connectivity index (χ1v) is 6.14. The van der Waals surface area contributed by atoms with Crippen LogP contribution in [0.2, 0.25) is 0 Å². The Bertz CT molecular complexity index is 291. The minimum Gasteiger partial charge on any atom is -0.399 e. The predicted octanol–water partition coefficient (Wildman–Crippen LogP) is 3.95. The van der Waals surface area contributed by atoms with Gasteiger partial charge in [0.25, 0.3) is 0 Å². The van der Waals surface area contributed by atoms with E-state index in [4.69, 9.17) is 5.73 Å². The van der Waals surface area contributed by atoms with Gasteiger partial charge in [0.15, 0.2) is 0 Å². The highest BCUT2D eigenvalue weighted by Gasteiger charge is 1.98. The predicted molar refractivity (Wildman–Crippen MR) is 68.1 cm³/mol. The number of hydrogen-bond donors (Lipinski definition) is 1. The molecule has 1 nitrogen and oxygen atoms in total. The summed E-state index contributed by atoms with van der Waals surface area (Å²) in [6.07, 6.45) is 7.54. The summed E-state index contributed by atoms with van der Waals surface area (Å²) in [5.41, 5.74) is 9.55. The quantitative estimate of drug-likeness (QED) is 0.552. The maximum Gasteiger partial charge on any atom is 0.0319 e. The lowest BCUT2D eigenvalue weighted by Crippen LogP contribution is -1.93. The molecular formula is C14H23N. The van der Waals surface area contributed by atoms with Crippen molar-refractivity contribution in [2.45, 2.75) is 52.4 Å². The number of nitrogen functional groups attached to an aromatic ring is 1. The van der Waals surface area contributed by atoms with Crippen LogP contribution in [0.25, 0.3) is 0 Å². The lowest BCUT2D eigenvalue weighted by molar-refractivity contribution is 0.666. The van der Waals surface area contributed by atoms with Crippen molar-refractivity contribution in [1.29, 1.82) is 0 Å². The van der Waals surface area contributed by atoms with Crippen molar-refractivity contribution in [1.82, 2.24) is 0 Å². The van der Waals surface area contributed by atoms with Gasteiger partial charge in [-0.25, -0.2) is 0 Å². The molecule has 0 amide bonds. The molecule has 0 bridgehead atoms. The van der Waals surface area contributed by atoms with E-state index in [2.05, 4.69) is 32.0 Å². The van der Waals surface area contributed by atoms with E-state index < -0.39 is 0 Å². The molecule has 0 fully saturated rings. The highest BCUT2D eigenvalue weighted by Crippen LogP contribution is 2.15. The Hall–Kier alpha value is -0.980. The molecule has 0 aliphatic rings. The van der Waals surface area contributed by atoms with Crippen LogP contribution in [0, 0.1) is 0 Å². The summed E-state index contributed by atoms with van der Waals surface area (Å²) in [6.45, 7) is 4.42. The zero-order valence-electron chi connectivity index (χ0n) is 10.1. The molecule has 0 saturated carbocycles. The van der Waals surface area contributed by atoms with E-state index in [0.717, 1.165) is 12.1 Å². The molecule has 0 atom stereocenters. The van der Waals surface area contributed by atoms with Gasteiger partial charge in [-0.05, 0) is 42.5 Å². The Kier molecular flexibility index (Phi) is 5.23. The van der Waals surface area contributed by atoms with E-state index in [-0.39, 0.29) is 0 Å². The zero-order valence-corrected chi connectivity index (χ0v) is 10.1. The summed E-state index contributed by atoms with van der Waals surface area (Å²) in [5, 5.41) is 0. The number of anilines is 1. The monoisotopic (exact) mass is 205 g/mol. The zero-order chi connectivity index (χ0) is 11.1. The SMILES string of the molecule is CCCCCCc1cc(N)cc(CC)c1. The maximum absolute atomic E-state index is 5.87. The molecular weight excluding hydrogens is 182 g/mol. The van der Waals surface area contributed by atoms with Gasteiger partial charge < -0.3 is 5.73 Å². The summed E-state index contributed by atoms with van der Waals surface area (Å²) < 4.78 is 0. The number of aryl methyl sites for hydroxylation is 2.